The summed E-state index contributed by atoms with van der Waals surface area (Å²) in [6.45, 7) is 13.2. The molecule has 0 aliphatic carbocycles. The van der Waals surface area contributed by atoms with E-state index in [1.165, 1.54) is 57.8 Å². The summed E-state index contributed by atoms with van der Waals surface area (Å²) in [4.78, 5) is 11.2. The fourth-order valence-electron chi connectivity index (χ4n) is 3.82. The highest BCUT2D eigenvalue weighted by Gasteiger charge is 2.00. The first-order valence-electron chi connectivity index (χ1n) is 16.6. The van der Waals surface area contributed by atoms with E-state index in [-0.39, 0.29) is 12.6 Å². The van der Waals surface area contributed by atoms with Crippen LogP contribution in [0.15, 0.2) is 0 Å². The molecule has 0 aromatic heterocycles. The number of unbranched alkanes of at least 4 members (excludes halogenated alkanes) is 9. The Hall–Kier alpha value is -0.850. The first-order chi connectivity index (χ1) is 20.8. The molecule has 0 aromatic carbocycles. The molecule has 10 heteroatoms. The van der Waals surface area contributed by atoms with Gasteiger partial charge in [-0.2, -0.15) is 0 Å². The van der Waals surface area contributed by atoms with Crippen LogP contribution >= 0.6 is 0 Å². The second kappa shape index (κ2) is 38.2. The van der Waals surface area contributed by atoms with Crippen molar-refractivity contribution >= 4 is 5.97 Å². The van der Waals surface area contributed by atoms with E-state index in [9.17, 15) is 4.79 Å². The van der Waals surface area contributed by atoms with Crippen LogP contribution in [0.3, 0.4) is 0 Å². The van der Waals surface area contributed by atoms with Gasteiger partial charge in [0.2, 0.25) is 0 Å². The average Bonchev–Trinajstić information content (AvgIpc) is 2.99. The van der Waals surface area contributed by atoms with E-state index in [0.717, 1.165) is 19.4 Å². The Morgan fingerprint density at radius 3 is 0.952 bits per heavy atom. The van der Waals surface area contributed by atoms with Crippen molar-refractivity contribution < 1.29 is 47.4 Å². The highest BCUT2D eigenvalue weighted by Crippen LogP contribution is 2.10. The predicted octanol–water partition coefficient (Wildman–Crippen LogP) is 5.38. The van der Waals surface area contributed by atoms with Gasteiger partial charge in [0.1, 0.15) is 6.61 Å². The Kier molecular flexibility index (Phi) is 37.4. The van der Waals surface area contributed by atoms with Crippen molar-refractivity contribution in [3.63, 3.8) is 0 Å². The molecule has 0 fully saturated rings. The first-order valence-corrected chi connectivity index (χ1v) is 16.6. The molecular weight excluding hydrogens is 544 g/mol. The summed E-state index contributed by atoms with van der Waals surface area (Å²) in [6.07, 6.45) is 14.7. The zero-order chi connectivity index (χ0) is 30.4. The summed E-state index contributed by atoms with van der Waals surface area (Å²) in [5, 5.41) is 0. The zero-order valence-corrected chi connectivity index (χ0v) is 27.1. The maximum absolute atomic E-state index is 11.2. The van der Waals surface area contributed by atoms with Gasteiger partial charge in [0.25, 0.3) is 0 Å². The van der Waals surface area contributed by atoms with Crippen molar-refractivity contribution in [1.82, 2.24) is 0 Å². The molecule has 0 rings (SSSR count). The topological polar surface area (TPSA) is 100 Å². The lowest BCUT2D eigenvalue weighted by molar-refractivity contribution is -0.145. The number of rotatable bonds is 37. The van der Waals surface area contributed by atoms with Crippen molar-refractivity contribution in [3.05, 3.63) is 0 Å². The quantitative estimate of drug-likeness (QED) is 0.0675. The number of carbonyl (C=O) groups is 1. The Balaban J connectivity index is 3.05. The predicted molar refractivity (Wildman–Crippen MR) is 164 cm³/mol. The normalized spacial score (nSPS) is 11.4. The van der Waals surface area contributed by atoms with Crippen LogP contribution in [0.25, 0.3) is 0 Å². The fourth-order valence-corrected chi connectivity index (χ4v) is 3.82. The van der Waals surface area contributed by atoms with E-state index in [2.05, 4.69) is 6.92 Å². The summed E-state index contributed by atoms with van der Waals surface area (Å²) < 4.78 is 48.8. The molecule has 0 radical (unpaired) electrons. The lowest BCUT2D eigenvalue weighted by Gasteiger charge is -2.09. The number of ether oxygens (including phenoxy) is 9. The van der Waals surface area contributed by atoms with Gasteiger partial charge < -0.3 is 42.6 Å². The molecule has 10 nitrogen and oxygen atoms in total. The summed E-state index contributed by atoms with van der Waals surface area (Å²) in [5.74, 6) is -0.181. The van der Waals surface area contributed by atoms with Crippen LogP contribution in [0, 0.1) is 0 Å². The van der Waals surface area contributed by atoms with E-state index >= 15 is 0 Å². The summed E-state index contributed by atoms with van der Waals surface area (Å²) in [5.41, 5.74) is 0. The van der Waals surface area contributed by atoms with Crippen molar-refractivity contribution in [2.75, 3.05) is 112 Å². The lowest BCUT2D eigenvalue weighted by Crippen LogP contribution is -2.15. The van der Waals surface area contributed by atoms with E-state index in [0.29, 0.717) is 106 Å². The van der Waals surface area contributed by atoms with Gasteiger partial charge in [-0.1, -0.05) is 71.6 Å². The first kappa shape index (κ1) is 41.1. The number of hydrogen-bond donors (Lipinski definition) is 0. The van der Waals surface area contributed by atoms with E-state index in [1.54, 1.807) is 0 Å². The van der Waals surface area contributed by atoms with Gasteiger partial charge in [-0.05, 0) is 12.8 Å². The van der Waals surface area contributed by atoms with Gasteiger partial charge in [0.05, 0.1) is 99.1 Å². The second-order valence-electron chi connectivity index (χ2n) is 10.1. The maximum atomic E-state index is 11.2. The van der Waals surface area contributed by atoms with Crippen LogP contribution < -0.4 is 0 Å². The van der Waals surface area contributed by atoms with Gasteiger partial charge in [-0.25, -0.2) is 0 Å². The highest BCUT2D eigenvalue weighted by molar-refractivity contribution is 5.69. The van der Waals surface area contributed by atoms with E-state index in [4.69, 9.17) is 42.6 Å². The summed E-state index contributed by atoms with van der Waals surface area (Å²) in [7, 11) is 0. The molecular formula is C32H64O10. The van der Waals surface area contributed by atoms with Crippen LogP contribution in [0.1, 0.15) is 90.9 Å². The van der Waals surface area contributed by atoms with E-state index in [1.807, 2.05) is 6.92 Å². The fraction of sp³-hybridized carbons (Fsp3) is 0.969. The molecule has 0 N–H and O–H groups in total. The lowest BCUT2D eigenvalue weighted by atomic mass is 10.1. The smallest absolute Gasteiger partial charge is 0.305 e. The minimum absolute atomic E-state index is 0.181. The van der Waals surface area contributed by atoms with Gasteiger partial charge in [-0.15, -0.1) is 0 Å². The van der Waals surface area contributed by atoms with Crippen LogP contribution in [0.2, 0.25) is 0 Å². The molecule has 0 unspecified atom stereocenters. The second-order valence-corrected chi connectivity index (χ2v) is 10.1. The highest BCUT2D eigenvalue weighted by atomic mass is 16.6. The van der Waals surface area contributed by atoms with Gasteiger partial charge in [-0.3, -0.25) is 4.79 Å². The number of carbonyl (C=O) groups excluding carboxylic acids is 1. The SMILES string of the molecule is CCCCCCCCCCCCOCCOCCOCCOCCOCCOCCOCCOCCOC(=O)CCC. The average molecular weight is 609 g/mol. The maximum Gasteiger partial charge on any atom is 0.305 e. The minimum atomic E-state index is -0.181. The van der Waals surface area contributed by atoms with Crippen molar-refractivity contribution in [2.24, 2.45) is 0 Å². The van der Waals surface area contributed by atoms with Crippen LogP contribution in [-0.2, 0) is 47.4 Å². The minimum Gasteiger partial charge on any atom is -0.463 e. The Morgan fingerprint density at radius 2 is 0.619 bits per heavy atom. The Labute approximate surface area is 256 Å². The Bertz CT molecular complexity index is 510. The third-order valence-electron chi connectivity index (χ3n) is 6.19. The van der Waals surface area contributed by atoms with Gasteiger partial charge >= 0.3 is 5.97 Å². The molecule has 0 heterocycles. The third-order valence-corrected chi connectivity index (χ3v) is 6.19. The van der Waals surface area contributed by atoms with Gasteiger partial charge in [0, 0.05) is 13.0 Å². The molecule has 252 valence electrons. The zero-order valence-electron chi connectivity index (χ0n) is 27.1. The van der Waals surface area contributed by atoms with Crippen molar-refractivity contribution in [2.45, 2.75) is 90.9 Å². The summed E-state index contributed by atoms with van der Waals surface area (Å²) in [6, 6.07) is 0. The number of esters is 1. The largest absolute Gasteiger partial charge is 0.463 e. The molecule has 0 aliphatic rings. The molecule has 0 spiro atoms. The van der Waals surface area contributed by atoms with Crippen LogP contribution in [0.4, 0.5) is 0 Å². The van der Waals surface area contributed by atoms with E-state index < -0.39 is 0 Å². The number of hydrogen-bond acceptors (Lipinski definition) is 10. The molecule has 0 amide bonds. The van der Waals surface area contributed by atoms with Crippen molar-refractivity contribution in [3.8, 4) is 0 Å². The van der Waals surface area contributed by atoms with Crippen LogP contribution in [-0.4, -0.2) is 118 Å². The molecule has 0 saturated carbocycles. The van der Waals surface area contributed by atoms with Gasteiger partial charge in [0.15, 0.2) is 0 Å². The third kappa shape index (κ3) is 37.2. The molecule has 42 heavy (non-hydrogen) atoms. The molecule has 0 aromatic rings. The monoisotopic (exact) mass is 608 g/mol. The molecule has 0 aliphatic heterocycles. The molecule has 0 bridgehead atoms. The Morgan fingerprint density at radius 1 is 0.333 bits per heavy atom. The summed E-state index contributed by atoms with van der Waals surface area (Å²) >= 11 is 0. The molecule has 0 atom stereocenters. The van der Waals surface area contributed by atoms with Crippen LogP contribution in [0.5, 0.6) is 0 Å². The van der Waals surface area contributed by atoms with Crippen molar-refractivity contribution in [1.29, 1.82) is 0 Å². The standard InChI is InChI=1S/C32H64O10/c1-3-5-6-7-8-9-10-11-12-13-15-34-16-17-35-18-19-36-20-21-37-22-23-38-24-25-39-26-27-40-28-29-41-30-31-42-32(33)14-4-2/h3-31H2,1-2H3. The molecule has 0 saturated heterocycles.